The first-order valence-corrected chi connectivity index (χ1v) is 11.4. The molecule has 0 fully saturated rings. The van der Waals surface area contributed by atoms with Gasteiger partial charge >= 0.3 is 5.97 Å². The number of hydrogen-bond donors (Lipinski definition) is 2. The largest absolute Gasteiger partial charge is 0.462 e. The number of thiophene rings is 1. The highest BCUT2D eigenvalue weighted by molar-refractivity contribution is 7.17. The van der Waals surface area contributed by atoms with Gasteiger partial charge in [0.25, 0.3) is 5.91 Å². The SMILES string of the molecule is CCOC(=O)c1c(NC(=O)c2cccc3ccccc23)sc2c1CC(C)(C)NC2(C)C. The van der Waals surface area contributed by atoms with E-state index in [4.69, 9.17) is 4.74 Å². The minimum Gasteiger partial charge on any atom is -0.462 e. The van der Waals surface area contributed by atoms with Gasteiger partial charge in [-0.05, 0) is 63.4 Å². The third-order valence-electron chi connectivity index (χ3n) is 5.59. The summed E-state index contributed by atoms with van der Waals surface area (Å²) in [5.41, 5.74) is 1.52. The second kappa shape index (κ2) is 7.77. The molecule has 0 spiro atoms. The Labute approximate surface area is 186 Å². The van der Waals surface area contributed by atoms with Crippen LogP contribution in [0.5, 0.6) is 0 Å². The average Bonchev–Trinajstić information content (AvgIpc) is 3.04. The number of esters is 1. The lowest BCUT2D eigenvalue weighted by atomic mass is 9.81. The van der Waals surface area contributed by atoms with Crippen LogP contribution < -0.4 is 10.6 Å². The van der Waals surface area contributed by atoms with Gasteiger partial charge in [-0.2, -0.15) is 0 Å². The lowest BCUT2D eigenvalue weighted by molar-refractivity contribution is 0.0526. The quantitative estimate of drug-likeness (QED) is 0.531. The Bertz CT molecular complexity index is 1170. The van der Waals surface area contributed by atoms with Crippen LogP contribution in [-0.2, 0) is 16.7 Å². The van der Waals surface area contributed by atoms with E-state index >= 15 is 0 Å². The summed E-state index contributed by atoms with van der Waals surface area (Å²) in [6, 6.07) is 13.5. The summed E-state index contributed by atoms with van der Waals surface area (Å²) in [5.74, 6) is -0.618. The highest BCUT2D eigenvalue weighted by atomic mass is 32.1. The van der Waals surface area contributed by atoms with Gasteiger partial charge in [-0.1, -0.05) is 36.4 Å². The zero-order valence-corrected chi connectivity index (χ0v) is 19.4. The summed E-state index contributed by atoms with van der Waals surface area (Å²) in [7, 11) is 0. The van der Waals surface area contributed by atoms with E-state index in [-0.39, 0.29) is 29.6 Å². The summed E-state index contributed by atoms with van der Waals surface area (Å²) in [6.07, 6.45) is 0.681. The van der Waals surface area contributed by atoms with Crippen molar-refractivity contribution in [2.75, 3.05) is 11.9 Å². The standard InChI is InChI=1S/C25H28N2O3S/c1-6-30-23(29)19-18-14-24(2,3)27-25(4,5)20(18)31-22(19)26-21(28)17-13-9-11-15-10-7-8-12-16(15)17/h7-13,27H,6,14H2,1-5H3,(H,26,28). The fourth-order valence-electron chi connectivity index (χ4n) is 4.63. The molecule has 0 radical (unpaired) electrons. The van der Waals surface area contributed by atoms with Crippen molar-refractivity contribution in [2.45, 2.75) is 52.1 Å². The first-order chi connectivity index (χ1) is 14.6. The lowest BCUT2D eigenvalue weighted by Gasteiger charge is -2.42. The molecule has 2 aromatic carbocycles. The van der Waals surface area contributed by atoms with E-state index in [2.05, 4.69) is 38.3 Å². The molecule has 5 nitrogen and oxygen atoms in total. The molecule has 1 amide bonds. The normalized spacial score (nSPS) is 16.5. The molecule has 0 aliphatic carbocycles. The Morgan fingerprint density at radius 3 is 2.55 bits per heavy atom. The molecule has 2 N–H and O–H groups in total. The van der Waals surface area contributed by atoms with Gasteiger partial charge in [0.15, 0.2) is 0 Å². The van der Waals surface area contributed by atoms with E-state index in [9.17, 15) is 9.59 Å². The van der Waals surface area contributed by atoms with Crippen molar-refractivity contribution in [1.82, 2.24) is 5.32 Å². The van der Waals surface area contributed by atoms with Crippen LogP contribution in [0.2, 0.25) is 0 Å². The molecule has 0 atom stereocenters. The van der Waals surface area contributed by atoms with Gasteiger partial charge in [-0.25, -0.2) is 4.79 Å². The highest BCUT2D eigenvalue weighted by Gasteiger charge is 2.42. The predicted octanol–water partition coefficient (Wildman–Crippen LogP) is 5.49. The Morgan fingerprint density at radius 1 is 1.10 bits per heavy atom. The maximum atomic E-state index is 13.3. The third kappa shape index (κ3) is 3.98. The Balaban J connectivity index is 1.80. The summed E-state index contributed by atoms with van der Waals surface area (Å²) in [6.45, 7) is 10.5. The molecular formula is C25H28N2O3S. The average molecular weight is 437 g/mol. The first-order valence-electron chi connectivity index (χ1n) is 10.5. The number of nitrogens with one attached hydrogen (secondary N) is 2. The molecule has 6 heteroatoms. The van der Waals surface area contributed by atoms with Crippen LogP contribution in [0.25, 0.3) is 10.8 Å². The zero-order valence-electron chi connectivity index (χ0n) is 18.6. The van der Waals surface area contributed by atoms with Crippen LogP contribution >= 0.6 is 11.3 Å². The summed E-state index contributed by atoms with van der Waals surface area (Å²) >= 11 is 1.46. The fraction of sp³-hybridized carbons (Fsp3) is 0.360. The minimum atomic E-state index is -0.387. The van der Waals surface area contributed by atoms with Crippen molar-refractivity contribution < 1.29 is 14.3 Å². The highest BCUT2D eigenvalue weighted by Crippen LogP contribution is 2.45. The van der Waals surface area contributed by atoms with Gasteiger partial charge in [-0.15, -0.1) is 11.3 Å². The molecule has 0 saturated carbocycles. The third-order valence-corrected chi connectivity index (χ3v) is 7.06. The van der Waals surface area contributed by atoms with Crippen molar-refractivity contribution >= 4 is 39.0 Å². The molecule has 31 heavy (non-hydrogen) atoms. The monoisotopic (exact) mass is 436 g/mol. The predicted molar refractivity (Wildman–Crippen MR) is 126 cm³/mol. The molecule has 0 unspecified atom stereocenters. The number of benzene rings is 2. The van der Waals surface area contributed by atoms with E-state index < -0.39 is 0 Å². The molecule has 0 saturated heterocycles. The van der Waals surface area contributed by atoms with Crippen molar-refractivity contribution in [3.8, 4) is 0 Å². The lowest BCUT2D eigenvalue weighted by Crippen LogP contribution is -2.55. The van der Waals surface area contributed by atoms with E-state index in [1.54, 1.807) is 6.92 Å². The number of carbonyl (C=O) groups excluding carboxylic acids is 2. The van der Waals surface area contributed by atoms with Crippen LogP contribution in [0.1, 0.15) is 65.8 Å². The summed E-state index contributed by atoms with van der Waals surface area (Å²) in [5, 5.41) is 9.11. The number of carbonyl (C=O) groups is 2. The molecule has 1 aliphatic heterocycles. The van der Waals surface area contributed by atoms with Gasteiger partial charge in [0.05, 0.1) is 12.2 Å². The van der Waals surface area contributed by atoms with E-state index in [0.717, 1.165) is 21.2 Å². The van der Waals surface area contributed by atoms with Crippen LogP contribution in [0.4, 0.5) is 5.00 Å². The summed E-state index contributed by atoms with van der Waals surface area (Å²) in [4.78, 5) is 27.3. The van der Waals surface area contributed by atoms with E-state index in [1.165, 1.54) is 11.3 Å². The zero-order chi connectivity index (χ0) is 22.4. The molecule has 1 aliphatic rings. The van der Waals surface area contributed by atoms with Crippen LogP contribution in [0.3, 0.4) is 0 Å². The minimum absolute atomic E-state index is 0.185. The van der Waals surface area contributed by atoms with Crippen molar-refractivity contribution in [3.05, 3.63) is 64.0 Å². The molecule has 3 aromatic rings. The van der Waals surface area contributed by atoms with Gasteiger partial charge in [0, 0.05) is 21.5 Å². The van der Waals surface area contributed by atoms with Crippen LogP contribution in [0.15, 0.2) is 42.5 Å². The Hall–Kier alpha value is -2.70. The molecular weight excluding hydrogens is 408 g/mol. The van der Waals surface area contributed by atoms with Crippen molar-refractivity contribution in [2.24, 2.45) is 0 Å². The second-order valence-electron chi connectivity index (χ2n) is 9.13. The number of amides is 1. The Morgan fingerprint density at radius 2 is 1.81 bits per heavy atom. The van der Waals surface area contributed by atoms with Gasteiger partial charge in [0.1, 0.15) is 5.00 Å². The first kappa shape index (κ1) is 21.5. The fourth-order valence-corrected chi connectivity index (χ4v) is 5.89. The Kier molecular flexibility index (Phi) is 5.40. The van der Waals surface area contributed by atoms with Gasteiger partial charge in [-0.3, -0.25) is 4.79 Å². The molecule has 0 bridgehead atoms. The number of anilines is 1. The molecule has 4 rings (SSSR count). The number of rotatable bonds is 4. The molecule has 1 aromatic heterocycles. The van der Waals surface area contributed by atoms with E-state index in [0.29, 0.717) is 22.5 Å². The van der Waals surface area contributed by atoms with Crippen molar-refractivity contribution in [3.63, 3.8) is 0 Å². The van der Waals surface area contributed by atoms with Crippen LogP contribution in [-0.4, -0.2) is 24.0 Å². The summed E-state index contributed by atoms with van der Waals surface area (Å²) < 4.78 is 5.38. The molecule has 2 heterocycles. The number of fused-ring (bicyclic) bond motifs is 2. The number of hydrogen-bond acceptors (Lipinski definition) is 5. The van der Waals surface area contributed by atoms with Gasteiger partial charge in [0.2, 0.25) is 0 Å². The van der Waals surface area contributed by atoms with Gasteiger partial charge < -0.3 is 15.4 Å². The number of ether oxygens (including phenoxy) is 1. The maximum absolute atomic E-state index is 13.3. The van der Waals surface area contributed by atoms with Crippen LogP contribution in [0, 0.1) is 0 Å². The van der Waals surface area contributed by atoms with Crippen molar-refractivity contribution in [1.29, 1.82) is 0 Å². The van der Waals surface area contributed by atoms with E-state index in [1.807, 2.05) is 42.5 Å². The second-order valence-corrected chi connectivity index (χ2v) is 10.1. The maximum Gasteiger partial charge on any atom is 0.341 e. The topological polar surface area (TPSA) is 67.4 Å². The molecule has 162 valence electrons. The smallest absolute Gasteiger partial charge is 0.341 e.